The quantitative estimate of drug-likeness (QED) is 0.583. The Morgan fingerprint density at radius 1 is 1.15 bits per heavy atom. The summed E-state index contributed by atoms with van der Waals surface area (Å²) < 4.78 is 16.0. The van der Waals surface area contributed by atoms with Crippen molar-refractivity contribution in [3.63, 3.8) is 0 Å². The summed E-state index contributed by atoms with van der Waals surface area (Å²) in [4.78, 5) is 11.9. The van der Waals surface area contributed by atoms with Gasteiger partial charge in [0.15, 0.2) is 6.61 Å². The van der Waals surface area contributed by atoms with E-state index in [9.17, 15) is 4.79 Å². The Labute approximate surface area is 153 Å². The Balaban J connectivity index is 1.90. The number of nitrogens with zero attached hydrogens (tertiary/aromatic N) is 1. The molecule has 0 atom stereocenters. The molecule has 0 bridgehead atoms. The lowest BCUT2D eigenvalue weighted by Gasteiger charge is -2.10. The van der Waals surface area contributed by atoms with E-state index in [2.05, 4.69) is 10.5 Å². The first kappa shape index (κ1) is 19.5. The number of hydrogen-bond donors (Lipinski definition) is 1. The van der Waals surface area contributed by atoms with Crippen LogP contribution < -0.4 is 14.9 Å². The number of carbonyl (C=O) groups excluding carboxylic acids is 1. The zero-order valence-electron chi connectivity index (χ0n) is 15.5. The van der Waals surface area contributed by atoms with Crippen molar-refractivity contribution >= 4 is 12.1 Å². The third-order valence-corrected chi connectivity index (χ3v) is 3.92. The molecule has 138 valence electrons. The van der Waals surface area contributed by atoms with Gasteiger partial charge in [0.2, 0.25) is 0 Å². The van der Waals surface area contributed by atoms with E-state index >= 15 is 0 Å². The van der Waals surface area contributed by atoms with Gasteiger partial charge in [-0.2, -0.15) is 5.10 Å². The van der Waals surface area contributed by atoms with Crippen LogP contribution >= 0.6 is 0 Å². The van der Waals surface area contributed by atoms with Crippen LogP contribution in [0.5, 0.6) is 11.5 Å². The molecule has 0 spiro atoms. The van der Waals surface area contributed by atoms with Crippen LogP contribution in [0.15, 0.2) is 41.5 Å². The highest BCUT2D eigenvalue weighted by molar-refractivity contribution is 5.83. The van der Waals surface area contributed by atoms with Crippen molar-refractivity contribution in [1.82, 2.24) is 5.43 Å². The van der Waals surface area contributed by atoms with Crippen molar-refractivity contribution in [2.45, 2.75) is 20.5 Å². The lowest BCUT2D eigenvalue weighted by atomic mass is 10.1. The van der Waals surface area contributed by atoms with E-state index in [1.54, 1.807) is 20.4 Å². The second kappa shape index (κ2) is 9.58. The Kier molecular flexibility index (Phi) is 7.17. The average molecular weight is 356 g/mol. The van der Waals surface area contributed by atoms with Gasteiger partial charge in [-0.25, -0.2) is 5.43 Å². The molecule has 2 aromatic carbocycles. The van der Waals surface area contributed by atoms with Gasteiger partial charge in [-0.3, -0.25) is 4.79 Å². The summed E-state index contributed by atoms with van der Waals surface area (Å²) in [5, 5.41) is 3.96. The maximum atomic E-state index is 11.9. The minimum atomic E-state index is -0.326. The van der Waals surface area contributed by atoms with E-state index in [0.29, 0.717) is 12.4 Å². The Bertz CT molecular complexity index is 787. The predicted molar refractivity (Wildman–Crippen MR) is 101 cm³/mol. The first-order valence-corrected chi connectivity index (χ1v) is 8.22. The van der Waals surface area contributed by atoms with Crippen molar-refractivity contribution in [3.05, 3.63) is 58.7 Å². The smallest absolute Gasteiger partial charge is 0.277 e. The van der Waals surface area contributed by atoms with E-state index in [4.69, 9.17) is 14.2 Å². The summed E-state index contributed by atoms with van der Waals surface area (Å²) in [6.07, 6.45) is 1.56. The molecule has 0 saturated carbocycles. The number of benzene rings is 2. The van der Waals surface area contributed by atoms with Crippen molar-refractivity contribution in [2.24, 2.45) is 5.10 Å². The van der Waals surface area contributed by atoms with Crippen LogP contribution in [0.25, 0.3) is 0 Å². The van der Waals surface area contributed by atoms with E-state index in [-0.39, 0.29) is 12.5 Å². The highest BCUT2D eigenvalue weighted by atomic mass is 16.5. The number of amides is 1. The normalized spacial score (nSPS) is 10.8. The summed E-state index contributed by atoms with van der Waals surface area (Å²) >= 11 is 0. The Hall–Kier alpha value is -2.86. The molecule has 1 N–H and O–H groups in total. The van der Waals surface area contributed by atoms with Crippen molar-refractivity contribution in [1.29, 1.82) is 0 Å². The van der Waals surface area contributed by atoms with E-state index < -0.39 is 0 Å². The Morgan fingerprint density at radius 2 is 1.96 bits per heavy atom. The van der Waals surface area contributed by atoms with E-state index in [1.165, 1.54) is 0 Å². The third-order valence-electron chi connectivity index (χ3n) is 3.92. The molecular weight excluding hydrogens is 332 g/mol. The van der Waals surface area contributed by atoms with Crippen molar-refractivity contribution in [2.75, 3.05) is 20.8 Å². The molecule has 0 heterocycles. The summed E-state index contributed by atoms with van der Waals surface area (Å²) in [5.74, 6) is 1.12. The number of aryl methyl sites for hydroxylation is 1. The summed E-state index contributed by atoms with van der Waals surface area (Å²) in [7, 11) is 3.23. The molecule has 0 saturated heterocycles. The highest BCUT2D eigenvalue weighted by Gasteiger charge is 2.06. The van der Waals surface area contributed by atoms with Crippen LogP contribution in [-0.2, 0) is 16.1 Å². The highest BCUT2D eigenvalue weighted by Crippen LogP contribution is 2.21. The molecule has 6 nitrogen and oxygen atoms in total. The van der Waals surface area contributed by atoms with Crippen LogP contribution in [0.4, 0.5) is 0 Å². The van der Waals surface area contributed by atoms with Crippen LogP contribution in [0, 0.1) is 13.8 Å². The van der Waals surface area contributed by atoms with Crippen LogP contribution in [0.3, 0.4) is 0 Å². The molecule has 1 amide bonds. The molecule has 0 radical (unpaired) electrons. The standard InChI is InChI=1S/C20H24N2O4/c1-14-6-5-7-18(15(14)2)26-13-20(23)22-21-11-16-8-9-19(25-4)17(10-16)12-24-3/h5-11H,12-13H2,1-4H3,(H,22,23)/b21-11+. The largest absolute Gasteiger partial charge is 0.496 e. The van der Waals surface area contributed by atoms with Gasteiger partial charge in [0.1, 0.15) is 11.5 Å². The predicted octanol–water partition coefficient (Wildman–Crippen LogP) is 2.99. The minimum absolute atomic E-state index is 0.0980. The van der Waals surface area contributed by atoms with Gasteiger partial charge in [0.05, 0.1) is 19.9 Å². The maximum Gasteiger partial charge on any atom is 0.277 e. The second-order valence-corrected chi connectivity index (χ2v) is 5.78. The molecule has 0 aliphatic rings. The van der Waals surface area contributed by atoms with Gasteiger partial charge in [0.25, 0.3) is 5.91 Å². The fourth-order valence-electron chi connectivity index (χ4n) is 2.38. The van der Waals surface area contributed by atoms with Gasteiger partial charge in [-0.1, -0.05) is 12.1 Å². The molecule has 0 aliphatic heterocycles. The Morgan fingerprint density at radius 3 is 2.69 bits per heavy atom. The van der Waals surface area contributed by atoms with Gasteiger partial charge in [-0.05, 0) is 54.8 Å². The lowest BCUT2D eigenvalue weighted by molar-refractivity contribution is -0.123. The zero-order chi connectivity index (χ0) is 18.9. The van der Waals surface area contributed by atoms with Gasteiger partial charge < -0.3 is 14.2 Å². The molecule has 0 fully saturated rings. The van der Waals surface area contributed by atoms with Crippen LogP contribution in [-0.4, -0.2) is 32.9 Å². The number of rotatable bonds is 8. The summed E-state index contributed by atoms with van der Waals surface area (Å²) in [6.45, 7) is 4.29. The molecule has 0 aromatic heterocycles. The average Bonchev–Trinajstić information content (AvgIpc) is 2.63. The number of carbonyl (C=O) groups is 1. The first-order chi connectivity index (χ1) is 12.5. The third kappa shape index (κ3) is 5.32. The molecule has 2 aromatic rings. The van der Waals surface area contributed by atoms with Gasteiger partial charge >= 0.3 is 0 Å². The minimum Gasteiger partial charge on any atom is -0.496 e. The topological polar surface area (TPSA) is 69.2 Å². The molecule has 0 aliphatic carbocycles. The van der Waals surface area contributed by atoms with E-state index in [0.717, 1.165) is 28.0 Å². The molecule has 26 heavy (non-hydrogen) atoms. The fourth-order valence-corrected chi connectivity index (χ4v) is 2.38. The fraction of sp³-hybridized carbons (Fsp3) is 0.300. The van der Waals surface area contributed by atoms with Crippen molar-refractivity contribution < 1.29 is 19.0 Å². The number of hydrazone groups is 1. The first-order valence-electron chi connectivity index (χ1n) is 8.22. The van der Waals surface area contributed by atoms with Gasteiger partial charge in [0, 0.05) is 12.7 Å². The zero-order valence-corrected chi connectivity index (χ0v) is 15.5. The molecule has 0 unspecified atom stereocenters. The lowest BCUT2D eigenvalue weighted by Crippen LogP contribution is -2.24. The van der Waals surface area contributed by atoms with Crippen molar-refractivity contribution in [3.8, 4) is 11.5 Å². The van der Waals surface area contributed by atoms with Crippen LogP contribution in [0.2, 0.25) is 0 Å². The summed E-state index contributed by atoms with van der Waals surface area (Å²) in [5.41, 5.74) is 6.33. The monoisotopic (exact) mass is 356 g/mol. The second-order valence-electron chi connectivity index (χ2n) is 5.78. The number of hydrogen-bond acceptors (Lipinski definition) is 5. The number of ether oxygens (including phenoxy) is 3. The maximum absolute atomic E-state index is 11.9. The summed E-state index contributed by atoms with van der Waals surface area (Å²) in [6, 6.07) is 11.3. The number of methoxy groups -OCH3 is 2. The SMILES string of the molecule is COCc1cc(/C=N/NC(=O)COc2cccc(C)c2C)ccc1OC. The molecular formula is C20H24N2O4. The van der Waals surface area contributed by atoms with E-state index in [1.807, 2.05) is 50.2 Å². The molecule has 2 rings (SSSR count). The van der Waals surface area contributed by atoms with Crippen LogP contribution in [0.1, 0.15) is 22.3 Å². The molecule has 6 heteroatoms. The number of nitrogens with one attached hydrogen (secondary N) is 1. The van der Waals surface area contributed by atoms with Gasteiger partial charge in [-0.15, -0.1) is 0 Å².